The zero-order valence-electron chi connectivity index (χ0n) is 11.4. The van der Waals surface area contributed by atoms with Gasteiger partial charge in [0.05, 0.1) is 14.2 Å². The van der Waals surface area contributed by atoms with Gasteiger partial charge in [0.2, 0.25) is 0 Å². The molecule has 1 aromatic carbocycles. The predicted octanol–water partition coefficient (Wildman–Crippen LogP) is 2.12. The largest absolute Gasteiger partial charge is 0.493 e. The second kappa shape index (κ2) is 4.47. The fourth-order valence-electron chi connectivity index (χ4n) is 3.58. The molecule has 0 N–H and O–H groups in total. The van der Waals surface area contributed by atoms with E-state index in [1.165, 1.54) is 24.1 Å². The van der Waals surface area contributed by atoms with Crippen LogP contribution in [0.15, 0.2) is 12.1 Å². The maximum absolute atomic E-state index is 5.57. The summed E-state index contributed by atoms with van der Waals surface area (Å²) >= 11 is 0. The predicted molar refractivity (Wildman–Crippen MR) is 71.5 cm³/mol. The third-order valence-electron chi connectivity index (χ3n) is 4.60. The maximum Gasteiger partial charge on any atom is 0.164 e. The van der Waals surface area contributed by atoms with E-state index in [0.717, 1.165) is 36.3 Å². The van der Waals surface area contributed by atoms with Gasteiger partial charge in [-0.25, -0.2) is 0 Å². The average molecular weight is 247 g/mol. The number of ether oxygens (including phenoxy) is 2. The lowest BCUT2D eigenvalue weighted by Gasteiger charge is -2.32. The molecule has 1 aromatic rings. The van der Waals surface area contributed by atoms with Gasteiger partial charge in [0.15, 0.2) is 11.5 Å². The summed E-state index contributed by atoms with van der Waals surface area (Å²) in [6, 6.07) is 4.96. The van der Waals surface area contributed by atoms with Crippen molar-refractivity contribution in [3.05, 3.63) is 23.3 Å². The molecule has 98 valence electrons. The van der Waals surface area contributed by atoms with Crippen molar-refractivity contribution >= 4 is 0 Å². The van der Waals surface area contributed by atoms with E-state index in [-0.39, 0.29) is 0 Å². The van der Waals surface area contributed by atoms with Gasteiger partial charge in [-0.05, 0) is 50.4 Å². The third kappa shape index (κ3) is 1.69. The van der Waals surface area contributed by atoms with Crippen molar-refractivity contribution in [1.29, 1.82) is 0 Å². The number of nitrogens with zero attached hydrogens (tertiary/aromatic N) is 1. The Balaban J connectivity index is 2.01. The lowest BCUT2D eigenvalue weighted by Crippen LogP contribution is -2.35. The highest BCUT2D eigenvalue weighted by Crippen LogP contribution is 2.42. The summed E-state index contributed by atoms with van der Waals surface area (Å²) < 4.78 is 11.0. The van der Waals surface area contributed by atoms with E-state index in [1.54, 1.807) is 14.2 Å². The van der Waals surface area contributed by atoms with Gasteiger partial charge in [0, 0.05) is 11.6 Å². The van der Waals surface area contributed by atoms with Crippen LogP contribution in [0.2, 0.25) is 0 Å². The Hall–Kier alpha value is -1.22. The molecule has 1 aliphatic heterocycles. The smallest absolute Gasteiger partial charge is 0.164 e. The van der Waals surface area contributed by atoms with Crippen molar-refractivity contribution in [2.24, 2.45) is 5.92 Å². The van der Waals surface area contributed by atoms with Gasteiger partial charge in [0.1, 0.15) is 0 Å². The Kier molecular flexibility index (Phi) is 2.94. The van der Waals surface area contributed by atoms with E-state index in [9.17, 15) is 0 Å². The minimum Gasteiger partial charge on any atom is -0.493 e. The van der Waals surface area contributed by atoms with E-state index in [4.69, 9.17) is 9.47 Å². The van der Waals surface area contributed by atoms with E-state index < -0.39 is 0 Å². The molecular formula is C15H21NO2. The highest BCUT2D eigenvalue weighted by Gasteiger charge is 2.37. The second-order valence-electron chi connectivity index (χ2n) is 5.44. The van der Waals surface area contributed by atoms with Crippen LogP contribution in [0.3, 0.4) is 0 Å². The summed E-state index contributed by atoms with van der Waals surface area (Å²) in [5.74, 6) is 2.59. The van der Waals surface area contributed by atoms with Crippen LogP contribution in [-0.4, -0.2) is 38.8 Å². The molecular weight excluding hydrogens is 226 g/mol. The van der Waals surface area contributed by atoms with Crippen LogP contribution in [-0.2, 0) is 12.8 Å². The average Bonchev–Trinajstić information content (AvgIpc) is 2.76. The lowest BCUT2D eigenvalue weighted by molar-refractivity contribution is 0.255. The van der Waals surface area contributed by atoms with E-state index >= 15 is 0 Å². The number of hydrogen-bond acceptors (Lipinski definition) is 3. The molecule has 0 saturated carbocycles. The van der Waals surface area contributed by atoms with Crippen LogP contribution >= 0.6 is 0 Å². The number of rotatable bonds is 2. The molecule has 3 rings (SSSR count). The van der Waals surface area contributed by atoms with Crippen LogP contribution in [0.5, 0.6) is 11.5 Å². The maximum atomic E-state index is 5.57. The molecule has 0 aromatic heterocycles. The van der Waals surface area contributed by atoms with Crippen molar-refractivity contribution in [3.8, 4) is 11.5 Å². The molecule has 0 amide bonds. The highest BCUT2D eigenvalue weighted by atomic mass is 16.5. The topological polar surface area (TPSA) is 21.7 Å². The molecule has 1 aliphatic carbocycles. The molecule has 2 atom stereocenters. The molecule has 1 fully saturated rings. The number of methoxy groups -OCH3 is 2. The Bertz CT molecular complexity index is 458. The Labute approximate surface area is 109 Å². The zero-order valence-corrected chi connectivity index (χ0v) is 11.4. The molecule has 3 heteroatoms. The first-order valence-electron chi connectivity index (χ1n) is 6.67. The van der Waals surface area contributed by atoms with Gasteiger partial charge in [-0.2, -0.15) is 0 Å². The van der Waals surface area contributed by atoms with Crippen molar-refractivity contribution in [3.63, 3.8) is 0 Å². The number of benzene rings is 1. The molecule has 0 radical (unpaired) electrons. The van der Waals surface area contributed by atoms with Crippen LogP contribution in [0.1, 0.15) is 17.5 Å². The first kappa shape index (κ1) is 11.8. The van der Waals surface area contributed by atoms with E-state index in [0.29, 0.717) is 0 Å². The Morgan fingerprint density at radius 2 is 2.00 bits per heavy atom. The summed E-state index contributed by atoms with van der Waals surface area (Å²) in [4.78, 5) is 2.50. The summed E-state index contributed by atoms with van der Waals surface area (Å²) in [6.45, 7) is 1.22. The van der Waals surface area contributed by atoms with E-state index in [1.807, 2.05) is 6.07 Å². The van der Waals surface area contributed by atoms with Gasteiger partial charge in [-0.3, -0.25) is 0 Å². The standard InChI is InChI=1S/C15H21NO2/c1-16-7-6-11-8-12-10(9-13(11)16)4-5-14(17-2)15(12)18-3/h4-5,11,13H,6-9H2,1-3H3/t11?,13-/m0/s1. The molecule has 1 heterocycles. The minimum absolute atomic E-state index is 0.718. The molecule has 2 aliphatic rings. The van der Waals surface area contributed by atoms with Crippen LogP contribution in [0, 0.1) is 5.92 Å². The third-order valence-corrected chi connectivity index (χ3v) is 4.60. The molecule has 18 heavy (non-hydrogen) atoms. The second-order valence-corrected chi connectivity index (χ2v) is 5.44. The van der Waals surface area contributed by atoms with Crippen LogP contribution in [0.25, 0.3) is 0 Å². The first-order chi connectivity index (χ1) is 8.74. The molecule has 0 bridgehead atoms. The van der Waals surface area contributed by atoms with Crippen molar-refractivity contribution < 1.29 is 9.47 Å². The van der Waals surface area contributed by atoms with Crippen molar-refractivity contribution in [1.82, 2.24) is 4.90 Å². The Morgan fingerprint density at radius 1 is 1.17 bits per heavy atom. The highest BCUT2D eigenvalue weighted by molar-refractivity contribution is 5.52. The van der Waals surface area contributed by atoms with Gasteiger partial charge in [0.25, 0.3) is 0 Å². The van der Waals surface area contributed by atoms with Gasteiger partial charge < -0.3 is 14.4 Å². The van der Waals surface area contributed by atoms with Crippen molar-refractivity contribution in [2.75, 3.05) is 27.8 Å². The number of fused-ring (bicyclic) bond motifs is 2. The number of likely N-dealkylation sites (tertiary alicyclic amines) is 1. The molecule has 1 unspecified atom stereocenters. The number of likely N-dealkylation sites (N-methyl/N-ethyl adjacent to an activating group) is 1. The SMILES string of the molecule is COc1ccc2c(c1OC)CC1CCN(C)[C@H]1C2. The quantitative estimate of drug-likeness (QED) is 0.799. The van der Waals surface area contributed by atoms with Gasteiger partial charge in [-0.1, -0.05) is 6.07 Å². The summed E-state index contributed by atoms with van der Waals surface area (Å²) in [6.07, 6.45) is 3.59. The fourth-order valence-corrected chi connectivity index (χ4v) is 3.58. The summed E-state index contributed by atoms with van der Waals surface area (Å²) in [5.41, 5.74) is 2.80. The van der Waals surface area contributed by atoms with Gasteiger partial charge in [-0.15, -0.1) is 0 Å². The van der Waals surface area contributed by atoms with Crippen LogP contribution < -0.4 is 9.47 Å². The summed E-state index contributed by atoms with van der Waals surface area (Å²) in [7, 11) is 5.70. The minimum atomic E-state index is 0.718. The first-order valence-corrected chi connectivity index (χ1v) is 6.67. The lowest BCUT2D eigenvalue weighted by atomic mass is 9.80. The molecule has 1 saturated heterocycles. The van der Waals surface area contributed by atoms with Crippen molar-refractivity contribution in [2.45, 2.75) is 25.3 Å². The Morgan fingerprint density at radius 3 is 2.72 bits per heavy atom. The molecule has 0 spiro atoms. The van der Waals surface area contributed by atoms with Gasteiger partial charge >= 0.3 is 0 Å². The summed E-state index contributed by atoms with van der Waals surface area (Å²) in [5, 5.41) is 0. The van der Waals surface area contributed by atoms with E-state index in [2.05, 4.69) is 18.0 Å². The fraction of sp³-hybridized carbons (Fsp3) is 0.600. The zero-order chi connectivity index (χ0) is 12.7. The molecule has 3 nitrogen and oxygen atoms in total. The number of hydrogen-bond donors (Lipinski definition) is 0. The normalized spacial score (nSPS) is 26.6. The monoisotopic (exact) mass is 247 g/mol. The van der Waals surface area contributed by atoms with Crippen LogP contribution in [0.4, 0.5) is 0 Å².